The van der Waals surface area contributed by atoms with Gasteiger partial charge in [-0.25, -0.2) is 4.79 Å². The fourth-order valence-corrected chi connectivity index (χ4v) is 5.31. The lowest BCUT2D eigenvalue weighted by atomic mass is 9.97. The van der Waals surface area contributed by atoms with Gasteiger partial charge in [0.2, 0.25) is 0 Å². The van der Waals surface area contributed by atoms with Crippen LogP contribution in [0.1, 0.15) is 51.1 Å². The van der Waals surface area contributed by atoms with Gasteiger partial charge >= 0.3 is 12.1 Å². The molecule has 0 unspecified atom stereocenters. The molecule has 0 fully saturated rings. The largest absolute Gasteiger partial charge is 0.478 e. The number of rotatable bonds is 7. The van der Waals surface area contributed by atoms with Gasteiger partial charge in [-0.2, -0.15) is 13.2 Å². The van der Waals surface area contributed by atoms with E-state index in [0.717, 1.165) is 47.8 Å². The van der Waals surface area contributed by atoms with Gasteiger partial charge in [-0.3, -0.25) is 4.79 Å². The van der Waals surface area contributed by atoms with Crippen LogP contribution in [0.3, 0.4) is 0 Å². The van der Waals surface area contributed by atoms with E-state index < -0.39 is 17.7 Å². The van der Waals surface area contributed by atoms with E-state index in [0.29, 0.717) is 29.7 Å². The van der Waals surface area contributed by atoms with E-state index in [9.17, 15) is 27.9 Å². The van der Waals surface area contributed by atoms with E-state index in [4.69, 9.17) is 0 Å². The van der Waals surface area contributed by atoms with Gasteiger partial charge in [0.1, 0.15) is 0 Å². The quantitative estimate of drug-likeness (QED) is 0.337. The van der Waals surface area contributed by atoms with E-state index in [2.05, 4.69) is 10.2 Å². The van der Waals surface area contributed by atoms with Crippen LogP contribution in [0.5, 0.6) is 0 Å². The van der Waals surface area contributed by atoms with Gasteiger partial charge in [0.25, 0.3) is 5.91 Å². The van der Waals surface area contributed by atoms with Crippen LogP contribution in [0.15, 0.2) is 90.0 Å². The molecule has 1 aliphatic carbocycles. The highest BCUT2D eigenvalue weighted by atomic mass is 19.4. The number of nitrogens with zero attached hydrogens (tertiary/aromatic N) is 1. The first-order valence-corrected chi connectivity index (χ1v) is 13.2. The first kappa shape index (κ1) is 27.2. The topological polar surface area (TPSA) is 69.6 Å². The zero-order valence-electron chi connectivity index (χ0n) is 21.8. The number of carboxylic acids is 1. The predicted octanol–water partition coefficient (Wildman–Crippen LogP) is 6.94. The minimum atomic E-state index is -4.35. The number of allylic oxidation sites excluding steroid dienone is 2. The molecular formula is C32H29F3N2O3. The molecule has 1 heterocycles. The summed E-state index contributed by atoms with van der Waals surface area (Å²) in [7, 11) is 0. The second-order valence-electron chi connectivity index (χ2n) is 10.1. The van der Waals surface area contributed by atoms with Crippen molar-refractivity contribution in [2.24, 2.45) is 0 Å². The molecule has 0 radical (unpaired) electrons. The molecule has 5 nitrogen and oxygen atoms in total. The molecule has 2 N–H and O–H groups in total. The summed E-state index contributed by atoms with van der Waals surface area (Å²) in [6.07, 6.45) is 0.556. The van der Waals surface area contributed by atoms with Crippen LogP contribution in [0, 0.1) is 0 Å². The molecule has 0 spiro atoms. The Kier molecular flexibility index (Phi) is 7.78. The zero-order chi connectivity index (χ0) is 28.3. The Morgan fingerprint density at radius 3 is 2.50 bits per heavy atom. The summed E-state index contributed by atoms with van der Waals surface area (Å²) in [6, 6.07) is 20.4. The van der Waals surface area contributed by atoms with Gasteiger partial charge in [-0.1, -0.05) is 48.5 Å². The van der Waals surface area contributed by atoms with Crippen LogP contribution in [0.25, 0.3) is 11.1 Å². The lowest BCUT2D eigenvalue weighted by Crippen LogP contribution is -2.30. The van der Waals surface area contributed by atoms with Gasteiger partial charge in [-0.15, -0.1) is 0 Å². The molecule has 0 saturated carbocycles. The summed E-state index contributed by atoms with van der Waals surface area (Å²) in [5.41, 5.74) is 5.35. The molecular weight excluding hydrogens is 517 g/mol. The maximum absolute atomic E-state index is 13.0. The highest BCUT2D eigenvalue weighted by Crippen LogP contribution is 2.33. The highest BCUT2D eigenvalue weighted by molar-refractivity contribution is 5.96. The summed E-state index contributed by atoms with van der Waals surface area (Å²) < 4.78 is 39.1. The number of hydrogen-bond donors (Lipinski definition) is 2. The number of carbonyl (C=O) groups is 2. The van der Waals surface area contributed by atoms with Crippen LogP contribution in [-0.2, 0) is 13.0 Å². The number of benzene rings is 3. The maximum Gasteiger partial charge on any atom is 0.412 e. The fourth-order valence-electron chi connectivity index (χ4n) is 5.31. The summed E-state index contributed by atoms with van der Waals surface area (Å²) >= 11 is 0. The minimum absolute atomic E-state index is 0.0366. The Bertz CT molecular complexity index is 1490. The number of fused-ring (bicyclic) bond motifs is 1. The van der Waals surface area contributed by atoms with Gasteiger partial charge in [0.15, 0.2) is 0 Å². The lowest BCUT2D eigenvalue weighted by Gasteiger charge is -2.32. The highest BCUT2D eigenvalue weighted by Gasteiger charge is 2.33. The number of anilines is 1. The van der Waals surface area contributed by atoms with Crippen molar-refractivity contribution >= 4 is 17.6 Å². The standard InChI is InChI=1S/C32H29F3N2O3/c33-32(34,35)26-7-3-5-22(17-26)19-36-30(38)25-14-15-29-24(18-25)6-4-16-37(29)20-21-10-12-23(13-11-21)27-8-1-2-9-28(27)31(39)40/h1-2,5,8-15,17-18H,3-4,6-7,16,19-20H2,(H,36,38)(H,39,40). The second kappa shape index (κ2) is 11.4. The van der Waals surface area contributed by atoms with E-state index >= 15 is 0 Å². The average molecular weight is 547 g/mol. The molecule has 3 aromatic rings. The minimum Gasteiger partial charge on any atom is -0.478 e. The molecule has 1 aliphatic heterocycles. The SMILES string of the molecule is O=C(NCC1=CCCC(C(F)(F)F)=C1)c1ccc2c(c1)CCCN2Cc1ccc(-c2ccccc2C(=O)O)cc1. The fraction of sp³-hybridized carbons (Fsp3) is 0.250. The Morgan fingerprint density at radius 2 is 1.75 bits per heavy atom. The number of halogens is 3. The molecule has 0 atom stereocenters. The Morgan fingerprint density at radius 1 is 0.975 bits per heavy atom. The molecule has 5 rings (SSSR count). The summed E-state index contributed by atoms with van der Waals surface area (Å²) in [6.45, 7) is 1.58. The van der Waals surface area contributed by atoms with E-state index in [1.807, 2.05) is 42.5 Å². The van der Waals surface area contributed by atoms with E-state index in [1.165, 1.54) is 0 Å². The van der Waals surface area contributed by atoms with Crippen LogP contribution < -0.4 is 10.2 Å². The van der Waals surface area contributed by atoms with Crippen molar-refractivity contribution in [3.63, 3.8) is 0 Å². The third-order valence-electron chi connectivity index (χ3n) is 7.35. The predicted molar refractivity (Wildman–Crippen MR) is 148 cm³/mol. The van der Waals surface area contributed by atoms with E-state index in [-0.39, 0.29) is 24.4 Å². The molecule has 0 aromatic heterocycles. The molecule has 3 aromatic carbocycles. The number of nitrogens with one attached hydrogen (secondary N) is 1. The Labute approximate surface area is 230 Å². The van der Waals surface area contributed by atoms with Gasteiger partial charge in [-0.05, 0) is 83.9 Å². The lowest BCUT2D eigenvalue weighted by molar-refractivity contribution is -0.0941. The van der Waals surface area contributed by atoms with Gasteiger partial charge in [0, 0.05) is 36.5 Å². The molecule has 1 amide bonds. The van der Waals surface area contributed by atoms with E-state index in [1.54, 1.807) is 30.3 Å². The summed E-state index contributed by atoms with van der Waals surface area (Å²) in [5.74, 6) is -1.28. The van der Waals surface area contributed by atoms with Crippen molar-refractivity contribution in [2.45, 2.75) is 38.4 Å². The molecule has 206 valence electrons. The number of hydrogen-bond acceptors (Lipinski definition) is 3. The molecule has 0 bridgehead atoms. The number of carboxylic acid groups (broad SMARTS) is 1. The van der Waals surface area contributed by atoms with Crippen molar-refractivity contribution in [1.82, 2.24) is 5.32 Å². The first-order valence-electron chi connectivity index (χ1n) is 13.2. The number of aromatic carboxylic acids is 1. The van der Waals surface area contributed by atoms with Crippen LogP contribution in [0.2, 0.25) is 0 Å². The summed E-state index contributed by atoms with van der Waals surface area (Å²) in [4.78, 5) is 26.7. The van der Waals surface area contributed by atoms with Crippen molar-refractivity contribution < 1.29 is 27.9 Å². The number of carbonyl (C=O) groups excluding carboxylic acids is 1. The Balaban J connectivity index is 1.25. The second-order valence-corrected chi connectivity index (χ2v) is 10.1. The number of aryl methyl sites for hydroxylation is 1. The third-order valence-corrected chi connectivity index (χ3v) is 7.35. The Hall–Kier alpha value is -4.33. The normalized spacial score (nSPS) is 15.1. The first-order chi connectivity index (χ1) is 19.2. The molecule has 2 aliphatic rings. The average Bonchev–Trinajstić information content (AvgIpc) is 2.96. The van der Waals surface area contributed by atoms with Crippen LogP contribution >= 0.6 is 0 Å². The van der Waals surface area contributed by atoms with Gasteiger partial charge < -0.3 is 15.3 Å². The smallest absolute Gasteiger partial charge is 0.412 e. The molecule has 40 heavy (non-hydrogen) atoms. The third kappa shape index (κ3) is 6.11. The summed E-state index contributed by atoms with van der Waals surface area (Å²) in [5, 5.41) is 12.3. The van der Waals surface area contributed by atoms with Crippen molar-refractivity contribution in [3.05, 3.63) is 112 Å². The van der Waals surface area contributed by atoms with Crippen LogP contribution in [0.4, 0.5) is 18.9 Å². The molecule has 0 saturated heterocycles. The van der Waals surface area contributed by atoms with Crippen molar-refractivity contribution in [1.29, 1.82) is 0 Å². The number of amides is 1. The molecule has 8 heteroatoms. The van der Waals surface area contributed by atoms with Crippen molar-refractivity contribution in [3.8, 4) is 11.1 Å². The zero-order valence-corrected chi connectivity index (χ0v) is 21.8. The van der Waals surface area contributed by atoms with Crippen LogP contribution in [-0.4, -0.2) is 36.2 Å². The monoisotopic (exact) mass is 546 g/mol. The van der Waals surface area contributed by atoms with Crippen molar-refractivity contribution in [2.75, 3.05) is 18.0 Å². The number of alkyl halides is 3. The maximum atomic E-state index is 13.0. The van der Waals surface area contributed by atoms with Gasteiger partial charge in [0.05, 0.1) is 5.56 Å².